The first-order valence-corrected chi connectivity index (χ1v) is 6.60. The Morgan fingerprint density at radius 1 is 1.67 bits per heavy atom. The van der Waals surface area contributed by atoms with Crippen molar-refractivity contribution in [3.8, 4) is 0 Å². The van der Waals surface area contributed by atoms with Gasteiger partial charge in [0.25, 0.3) is 5.91 Å². The number of ether oxygens (including phenoxy) is 2. The van der Waals surface area contributed by atoms with E-state index in [2.05, 4.69) is 10.2 Å². The summed E-state index contributed by atoms with van der Waals surface area (Å²) in [5, 5.41) is 2.84. The van der Waals surface area contributed by atoms with Crippen LogP contribution in [0.1, 0.15) is 12.8 Å². The minimum Gasteiger partial charge on any atom is -0.373 e. The van der Waals surface area contributed by atoms with Gasteiger partial charge in [0.2, 0.25) is 0 Å². The Hall–Kier alpha value is -0.690. The van der Waals surface area contributed by atoms with Crippen molar-refractivity contribution >= 4 is 5.91 Å². The van der Waals surface area contributed by atoms with Crippen molar-refractivity contribution in [2.75, 3.05) is 39.9 Å². The number of amides is 1. The molecule has 3 unspecified atom stereocenters. The van der Waals surface area contributed by atoms with Gasteiger partial charge < -0.3 is 20.5 Å². The molecular formula is C12H23N3O3. The minimum atomic E-state index is -0.562. The fourth-order valence-electron chi connectivity index (χ4n) is 2.65. The number of nitrogens with one attached hydrogen (secondary N) is 1. The summed E-state index contributed by atoms with van der Waals surface area (Å²) in [4.78, 5) is 14.1. The Balaban J connectivity index is 1.72. The third kappa shape index (κ3) is 3.20. The van der Waals surface area contributed by atoms with Gasteiger partial charge in [-0.1, -0.05) is 0 Å². The molecule has 18 heavy (non-hydrogen) atoms. The van der Waals surface area contributed by atoms with E-state index in [0.29, 0.717) is 12.6 Å². The smallest absolute Gasteiger partial charge is 0.250 e. The van der Waals surface area contributed by atoms with Crippen molar-refractivity contribution in [1.82, 2.24) is 10.2 Å². The Bertz CT molecular complexity index is 284. The molecule has 0 aromatic carbocycles. The molecule has 1 amide bonds. The van der Waals surface area contributed by atoms with Gasteiger partial charge in [-0.25, -0.2) is 0 Å². The fourth-order valence-corrected chi connectivity index (χ4v) is 2.65. The second kappa shape index (κ2) is 6.47. The summed E-state index contributed by atoms with van der Waals surface area (Å²) in [6.07, 6.45) is 2.01. The van der Waals surface area contributed by atoms with E-state index in [1.54, 1.807) is 0 Å². The lowest BCUT2D eigenvalue weighted by molar-refractivity contribution is -0.131. The molecule has 2 heterocycles. The zero-order valence-electron chi connectivity index (χ0n) is 10.9. The van der Waals surface area contributed by atoms with Gasteiger partial charge in [-0.3, -0.25) is 9.69 Å². The molecule has 0 saturated carbocycles. The predicted octanol–water partition coefficient (Wildman–Crippen LogP) is -1.06. The molecule has 3 N–H and O–H groups in total. The van der Waals surface area contributed by atoms with Gasteiger partial charge >= 0.3 is 0 Å². The normalized spacial score (nSPS) is 29.9. The van der Waals surface area contributed by atoms with Crippen molar-refractivity contribution in [2.24, 2.45) is 5.73 Å². The molecule has 2 saturated heterocycles. The Morgan fingerprint density at radius 3 is 3.22 bits per heavy atom. The molecule has 0 radical (unpaired) electrons. The summed E-state index contributed by atoms with van der Waals surface area (Å²) in [6, 6.07) is 0.590. The van der Waals surface area contributed by atoms with E-state index in [4.69, 9.17) is 15.2 Å². The summed E-state index contributed by atoms with van der Waals surface area (Å²) in [5.41, 5.74) is 5.44. The molecule has 104 valence electrons. The van der Waals surface area contributed by atoms with Gasteiger partial charge in [-0.2, -0.15) is 0 Å². The summed E-state index contributed by atoms with van der Waals surface area (Å²) < 4.78 is 10.7. The van der Waals surface area contributed by atoms with Crippen molar-refractivity contribution in [3.63, 3.8) is 0 Å². The standard InChI is InChI=1S/C12H23N3O3/c1-17-11(5-13)12(16)14-6-10-7-15-4-2-3-9(15)8-18-10/h9-11H,2-8,13H2,1H3,(H,14,16). The number of methoxy groups -OCH3 is 1. The number of hydrogen-bond donors (Lipinski definition) is 2. The van der Waals surface area contributed by atoms with E-state index in [0.717, 1.165) is 19.7 Å². The molecule has 2 aliphatic rings. The second-order valence-corrected chi connectivity index (χ2v) is 4.95. The van der Waals surface area contributed by atoms with Crippen LogP contribution in [0, 0.1) is 0 Å². The summed E-state index contributed by atoms with van der Waals surface area (Å²) in [5.74, 6) is -0.160. The number of hydrogen-bond acceptors (Lipinski definition) is 5. The maximum atomic E-state index is 11.7. The maximum absolute atomic E-state index is 11.7. The van der Waals surface area contributed by atoms with Gasteiger partial charge in [0, 0.05) is 32.8 Å². The van der Waals surface area contributed by atoms with Crippen molar-refractivity contribution in [3.05, 3.63) is 0 Å². The summed E-state index contributed by atoms with van der Waals surface area (Å²) >= 11 is 0. The van der Waals surface area contributed by atoms with Crippen LogP contribution in [0.5, 0.6) is 0 Å². The number of fused-ring (bicyclic) bond motifs is 1. The lowest BCUT2D eigenvalue weighted by atomic mass is 10.2. The van der Waals surface area contributed by atoms with Gasteiger partial charge in [0.05, 0.1) is 12.7 Å². The quantitative estimate of drug-likeness (QED) is 0.656. The van der Waals surface area contributed by atoms with E-state index in [-0.39, 0.29) is 18.6 Å². The van der Waals surface area contributed by atoms with Crippen LogP contribution in [-0.4, -0.2) is 69.0 Å². The Morgan fingerprint density at radius 2 is 2.50 bits per heavy atom. The summed E-state index contributed by atoms with van der Waals surface area (Å²) in [6.45, 7) is 3.57. The zero-order chi connectivity index (χ0) is 13.0. The van der Waals surface area contributed by atoms with E-state index >= 15 is 0 Å². The van der Waals surface area contributed by atoms with Gasteiger partial charge in [-0.05, 0) is 19.4 Å². The average Bonchev–Trinajstić information content (AvgIpc) is 2.85. The van der Waals surface area contributed by atoms with Crippen LogP contribution >= 0.6 is 0 Å². The Kier molecular flexibility index (Phi) is 4.94. The highest BCUT2D eigenvalue weighted by atomic mass is 16.5. The van der Waals surface area contributed by atoms with Crippen LogP contribution in [0.4, 0.5) is 0 Å². The third-order valence-electron chi connectivity index (χ3n) is 3.76. The highest BCUT2D eigenvalue weighted by molar-refractivity contribution is 5.81. The number of nitrogens with zero attached hydrogens (tertiary/aromatic N) is 1. The highest BCUT2D eigenvalue weighted by Crippen LogP contribution is 2.22. The first-order chi connectivity index (χ1) is 8.74. The molecule has 2 aliphatic heterocycles. The zero-order valence-corrected chi connectivity index (χ0v) is 10.9. The fraction of sp³-hybridized carbons (Fsp3) is 0.917. The van der Waals surface area contributed by atoms with Crippen molar-refractivity contribution in [1.29, 1.82) is 0 Å². The van der Waals surface area contributed by atoms with Crippen LogP contribution < -0.4 is 11.1 Å². The van der Waals surface area contributed by atoms with E-state index in [1.807, 2.05) is 0 Å². The van der Waals surface area contributed by atoms with E-state index in [9.17, 15) is 4.79 Å². The number of morpholine rings is 1. The van der Waals surface area contributed by atoms with Crippen LogP contribution in [0.25, 0.3) is 0 Å². The first-order valence-electron chi connectivity index (χ1n) is 6.60. The topological polar surface area (TPSA) is 76.8 Å². The maximum Gasteiger partial charge on any atom is 0.250 e. The minimum absolute atomic E-state index is 0.0820. The van der Waals surface area contributed by atoms with Crippen molar-refractivity contribution in [2.45, 2.75) is 31.1 Å². The lowest BCUT2D eigenvalue weighted by Gasteiger charge is -2.35. The molecule has 6 nitrogen and oxygen atoms in total. The van der Waals surface area contributed by atoms with Crippen LogP contribution in [0.15, 0.2) is 0 Å². The highest BCUT2D eigenvalue weighted by Gasteiger charge is 2.32. The lowest BCUT2D eigenvalue weighted by Crippen LogP contribution is -2.51. The van der Waals surface area contributed by atoms with Crippen LogP contribution in [-0.2, 0) is 14.3 Å². The molecular weight excluding hydrogens is 234 g/mol. The Labute approximate surface area is 108 Å². The second-order valence-electron chi connectivity index (χ2n) is 4.95. The number of nitrogens with two attached hydrogens (primary N) is 1. The molecule has 0 aromatic rings. The third-order valence-corrected chi connectivity index (χ3v) is 3.76. The van der Waals surface area contributed by atoms with Crippen LogP contribution in [0.2, 0.25) is 0 Å². The molecule has 3 atom stereocenters. The number of carbonyl (C=O) groups is 1. The van der Waals surface area contributed by atoms with Gasteiger partial charge in [-0.15, -0.1) is 0 Å². The molecule has 2 fully saturated rings. The number of rotatable bonds is 5. The van der Waals surface area contributed by atoms with E-state index < -0.39 is 6.10 Å². The summed E-state index contributed by atoms with van der Waals surface area (Å²) in [7, 11) is 1.49. The monoisotopic (exact) mass is 257 g/mol. The molecule has 0 aromatic heterocycles. The molecule has 0 spiro atoms. The number of carbonyl (C=O) groups excluding carboxylic acids is 1. The van der Waals surface area contributed by atoms with Crippen molar-refractivity contribution < 1.29 is 14.3 Å². The molecule has 0 bridgehead atoms. The van der Waals surface area contributed by atoms with Gasteiger partial charge in [0.15, 0.2) is 0 Å². The van der Waals surface area contributed by atoms with E-state index in [1.165, 1.54) is 20.0 Å². The van der Waals surface area contributed by atoms with Crippen LogP contribution in [0.3, 0.4) is 0 Å². The molecule has 0 aliphatic carbocycles. The largest absolute Gasteiger partial charge is 0.373 e. The molecule has 6 heteroatoms. The SMILES string of the molecule is COC(CN)C(=O)NCC1CN2CCCC2CO1. The van der Waals surface area contributed by atoms with Gasteiger partial charge in [0.1, 0.15) is 6.10 Å². The molecule has 2 rings (SSSR count). The average molecular weight is 257 g/mol. The predicted molar refractivity (Wildman–Crippen MR) is 67.2 cm³/mol. The first kappa shape index (κ1) is 13.7.